The van der Waals surface area contributed by atoms with E-state index < -0.39 is 11.4 Å². The van der Waals surface area contributed by atoms with Crippen LogP contribution in [-0.2, 0) is 14.3 Å². The molecule has 1 aliphatic heterocycles. The average Bonchev–Trinajstić information content (AvgIpc) is 2.37. The minimum Gasteiger partial charge on any atom is -0.378 e. The van der Waals surface area contributed by atoms with E-state index in [1.165, 1.54) is 0 Å². The Kier molecular flexibility index (Phi) is 7.97. The van der Waals surface area contributed by atoms with Crippen LogP contribution in [0.15, 0.2) is 0 Å². The number of nitrogens with two attached hydrogens (primary N) is 1. The van der Waals surface area contributed by atoms with Crippen LogP contribution in [0.25, 0.3) is 0 Å². The van der Waals surface area contributed by atoms with Crippen molar-refractivity contribution in [1.82, 2.24) is 10.6 Å². The molecule has 0 aromatic carbocycles. The van der Waals surface area contributed by atoms with Crippen molar-refractivity contribution in [2.45, 2.75) is 44.7 Å². The zero-order valence-electron chi connectivity index (χ0n) is 11.5. The van der Waals surface area contributed by atoms with E-state index in [9.17, 15) is 9.59 Å². The number of amides is 2. The number of primary amides is 1. The molecule has 4 N–H and O–H groups in total. The molecule has 1 saturated heterocycles. The summed E-state index contributed by atoms with van der Waals surface area (Å²) in [4.78, 5) is 23.4. The number of hydrogen-bond acceptors (Lipinski definition) is 4. The quantitative estimate of drug-likeness (QED) is 0.640. The van der Waals surface area contributed by atoms with Gasteiger partial charge in [-0.1, -0.05) is 13.8 Å². The number of rotatable bonds is 6. The summed E-state index contributed by atoms with van der Waals surface area (Å²) < 4.78 is 5.28. The number of ether oxygens (including phenoxy) is 1. The van der Waals surface area contributed by atoms with E-state index in [1.807, 2.05) is 13.8 Å². The highest BCUT2D eigenvalue weighted by molar-refractivity contribution is 5.90. The van der Waals surface area contributed by atoms with Gasteiger partial charge in [-0.2, -0.15) is 0 Å². The first-order valence-corrected chi connectivity index (χ1v) is 6.46. The van der Waals surface area contributed by atoms with Gasteiger partial charge in [0.05, 0.1) is 13.2 Å². The molecule has 0 aliphatic carbocycles. The van der Waals surface area contributed by atoms with Gasteiger partial charge in [0, 0.05) is 19.0 Å². The Balaban J connectivity index is 0.00000324. The molecule has 0 spiro atoms. The third kappa shape index (κ3) is 4.97. The number of carbonyl (C=O) groups excluding carboxylic acids is 2. The molecule has 0 radical (unpaired) electrons. The summed E-state index contributed by atoms with van der Waals surface area (Å²) in [7, 11) is 0. The average molecular weight is 294 g/mol. The molecule has 1 aliphatic rings. The topological polar surface area (TPSA) is 93.4 Å². The van der Waals surface area contributed by atoms with Gasteiger partial charge < -0.3 is 21.1 Å². The second kappa shape index (κ2) is 8.35. The van der Waals surface area contributed by atoms with E-state index in [0.717, 1.165) is 6.54 Å². The highest BCUT2D eigenvalue weighted by atomic mass is 35.5. The first-order chi connectivity index (χ1) is 8.54. The predicted octanol–water partition coefficient (Wildman–Crippen LogP) is -0.0530. The Labute approximate surface area is 120 Å². The maximum Gasteiger partial charge on any atom is 0.243 e. The van der Waals surface area contributed by atoms with E-state index in [-0.39, 0.29) is 24.4 Å². The van der Waals surface area contributed by atoms with Crippen molar-refractivity contribution in [1.29, 1.82) is 0 Å². The monoisotopic (exact) mass is 293 g/mol. The summed E-state index contributed by atoms with van der Waals surface area (Å²) in [5, 5.41) is 5.97. The lowest BCUT2D eigenvalue weighted by molar-refractivity contribution is -0.132. The Morgan fingerprint density at radius 1 is 1.42 bits per heavy atom. The summed E-state index contributed by atoms with van der Waals surface area (Å²) >= 11 is 0. The molecule has 0 saturated carbocycles. The number of nitrogens with one attached hydrogen (secondary N) is 2. The number of halogens is 1. The smallest absolute Gasteiger partial charge is 0.243 e. The van der Waals surface area contributed by atoms with Crippen molar-refractivity contribution in [2.75, 3.05) is 19.8 Å². The SMILES string of the molecule is CCC(CC)(NC(=O)CC1COCCN1)C(N)=O.Cl. The normalized spacial score (nSPS) is 19.4. The maximum atomic E-state index is 11.9. The number of morpholine rings is 1. The van der Waals surface area contributed by atoms with E-state index in [0.29, 0.717) is 32.5 Å². The first-order valence-electron chi connectivity index (χ1n) is 6.46. The highest BCUT2D eigenvalue weighted by Crippen LogP contribution is 2.15. The molecule has 0 aromatic heterocycles. The molecule has 1 atom stereocenters. The zero-order valence-corrected chi connectivity index (χ0v) is 12.3. The molecule has 2 amide bonds. The fourth-order valence-corrected chi connectivity index (χ4v) is 2.13. The van der Waals surface area contributed by atoms with Crippen molar-refractivity contribution in [3.63, 3.8) is 0 Å². The molecule has 1 rings (SSSR count). The number of carbonyl (C=O) groups is 2. The lowest BCUT2D eigenvalue weighted by Gasteiger charge is -2.31. The van der Waals surface area contributed by atoms with Gasteiger partial charge in [-0.05, 0) is 12.8 Å². The van der Waals surface area contributed by atoms with Crippen LogP contribution in [0, 0.1) is 0 Å². The molecule has 112 valence electrons. The molecule has 1 heterocycles. The standard InChI is InChI=1S/C12H23N3O3.ClH/c1-3-12(4-2,11(13)17)15-10(16)7-9-8-18-6-5-14-9;/h9,14H,3-8H2,1-2H3,(H2,13,17)(H,15,16);1H. The molecule has 0 aromatic rings. The van der Waals surface area contributed by atoms with E-state index in [1.54, 1.807) is 0 Å². The van der Waals surface area contributed by atoms with Gasteiger partial charge in [0.2, 0.25) is 11.8 Å². The largest absolute Gasteiger partial charge is 0.378 e. The Morgan fingerprint density at radius 2 is 2.05 bits per heavy atom. The summed E-state index contributed by atoms with van der Waals surface area (Å²) in [6.07, 6.45) is 1.30. The minimum absolute atomic E-state index is 0. The molecule has 7 heteroatoms. The summed E-state index contributed by atoms with van der Waals surface area (Å²) in [5.41, 5.74) is 4.46. The lowest BCUT2D eigenvalue weighted by atomic mass is 9.91. The van der Waals surface area contributed by atoms with Crippen LogP contribution in [0.5, 0.6) is 0 Å². The van der Waals surface area contributed by atoms with Crippen LogP contribution in [0.2, 0.25) is 0 Å². The predicted molar refractivity (Wildman–Crippen MR) is 75.1 cm³/mol. The maximum absolute atomic E-state index is 11.9. The van der Waals surface area contributed by atoms with Crippen LogP contribution < -0.4 is 16.4 Å². The third-order valence-corrected chi connectivity index (χ3v) is 3.49. The molecule has 1 unspecified atom stereocenters. The van der Waals surface area contributed by atoms with Crippen molar-refractivity contribution in [3.05, 3.63) is 0 Å². The molecule has 0 bridgehead atoms. The first kappa shape index (κ1) is 18.1. The Bertz CT molecular complexity index is 303. The van der Waals surface area contributed by atoms with Gasteiger partial charge in [-0.25, -0.2) is 0 Å². The Morgan fingerprint density at radius 3 is 2.47 bits per heavy atom. The van der Waals surface area contributed by atoms with Gasteiger partial charge in [0.15, 0.2) is 0 Å². The van der Waals surface area contributed by atoms with Crippen molar-refractivity contribution in [2.24, 2.45) is 5.73 Å². The molecule has 19 heavy (non-hydrogen) atoms. The van der Waals surface area contributed by atoms with Gasteiger partial charge >= 0.3 is 0 Å². The second-order valence-corrected chi connectivity index (χ2v) is 4.63. The lowest BCUT2D eigenvalue weighted by Crippen LogP contribution is -2.57. The summed E-state index contributed by atoms with van der Waals surface area (Å²) in [6, 6.07) is 0.0121. The van der Waals surface area contributed by atoms with Crippen LogP contribution in [-0.4, -0.2) is 43.2 Å². The van der Waals surface area contributed by atoms with Crippen LogP contribution in [0.4, 0.5) is 0 Å². The molecular weight excluding hydrogens is 270 g/mol. The number of hydrogen-bond donors (Lipinski definition) is 3. The van der Waals surface area contributed by atoms with Crippen LogP contribution in [0.3, 0.4) is 0 Å². The minimum atomic E-state index is -0.924. The van der Waals surface area contributed by atoms with Crippen molar-refractivity contribution >= 4 is 24.2 Å². The fraction of sp³-hybridized carbons (Fsp3) is 0.833. The second-order valence-electron chi connectivity index (χ2n) is 4.63. The Hall–Kier alpha value is -0.850. The van der Waals surface area contributed by atoms with Crippen molar-refractivity contribution in [3.8, 4) is 0 Å². The fourth-order valence-electron chi connectivity index (χ4n) is 2.13. The molecule has 1 fully saturated rings. The van der Waals surface area contributed by atoms with Gasteiger partial charge in [0.25, 0.3) is 0 Å². The van der Waals surface area contributed by atoms with Gasteiger partial charge in [0.1, 0.15) is 5.54 Å². The van der Waals surface area contributed by atoms with E-state index in [2.05, 4.69) is 10.6 Å². The van der Waals surface area contributed by atoms with E-state index >= 15 is 0 Å². The molecular formula is C12H24ClN3O3. The van der Waals surface area contributed by atoms with Crippen LogP contribution in [0.1, 0.15) is 33.1 Å². The summed E-state index contributed by atoms with van der Waals surface area (Å²) in [5.74, 6) is -0.644. The van der Waals surface area contributed by atoms with Crippen molar-refractivity contribution < 1.29 is 14.3 Å². The van der Waals surface area contributed by atoms with Gasteiger partial charge in [-0.3, -0.25) is 9.59 Å². The van der Waals surface area contributed by atoms with Gasteiger partial charge in [-0.15, -0.1) is 12.4 Å². The van der Waals surface area contributed by atoms with E-state index in [4.69, 9.17) is 10.5 Å². The molecule has 6 nitrogen and oxygen atoms in total. The van der Waals surface area contributed by atoms with Crippen LogP contribution >= 0.6 is 12.4 Å². The zero-order chi connectivity index (χ0) is 13.6. The summed E-state index contributed by atoms with van der Waals surface area (Å²) in [6.45, 7) is 5.63. The highest BCUT2D eigenvalue weighted by Gasteiger charge is 2.34. The third-order valence-electron chi connectivity index (χ3n) is 3.49.